The Morgan fingerprint density at radius 2 is 2.04 bits per heavy atom. The molecule has 3 nitrogen and oxygen atoms in total. The largest absolute Gasteiger partial charge is 0.381 e. The smallest absolute Gasteiger partial charge is 0.0655 e. The number of aryl methyl sites for hydroxylation is 1. The lowest BCUT2D eigenvalue weighted by atomic mass is 9.89. The lowest BCUT2D eigenvalue weighted by molar-refractivity contribution is 0.440. The van der Waals surface area contributed by atoms with Gasteiger partial charge in [0.1, 0.15) is 0 Å². The second-order valence-electron chi connectivity index (χ2n) is 6.36. The number of benzene rings is 2. The quantitative estimate of drug-likeness (QED) is 0.721. The minimum absolute atomic E-state index is 0.542. The number of piperidine rings is 1. The topological polar surface area (TPSA) is 36.1 Å². The second-order valence-corrected chi connectivity index (χ2v) is 7.20. The zero-order chi connectivity index (χ0) is 16.0. The molecule has 2 aliphatic rings. The van der Waals surface area contributed by atoms with Gasteiger partial charge in [0.2, 0.25) is 0 Å². The van der Waals surface area contributed by atoms with Crippen LogP contribution in [0.15, 0.2) is 30.3 Å². The Balaban J connectivity index is 1.68. The van der Waals surface area contributed by atoms with Crippen molar-refractivity contribution >= 4 is 40.3 Å². The molecule has 2 heterocycles. The van der Waals surface area contributed by atoms with Crippen molar-refractivity contribution < 1.29 is 0 Å². The van der Waals surface area contributed by atoms with Crippen molar-refractivity contribution in [1.29, 1.82) is 0 Å². The molecule has 2 aromatic rings. The Kier molecular flexibility index (Phi) is 3.88. The summed E-state index contributed by atoms with van der Waals surface area (Å²) >= 11 is 12.2. The van der Waals surface area contributed by atoms with E-state index in [1.54, 1.807) is 6.07 Å². The third kappa shape index (κ3) is 2.78. The van der Waals surface area contributed by atoms with E-state index in [2.05, 4.69) is 35.0 Å². The average molecular weight is 348 g/mol. The van der Waals surface area contributed by atoms with Crippen LogP contribution in [0.1, 0.15) is 23.5 Å². The molecule has 2 aromatic carbocycles. The van der Waals surface area contributed by atoms with Crippen molar-refractivity contribution in [3.05, 3.63) is 51.5 Å². The van der Waals surface area contributed by atoms with Gasteiger partial charge in [-0.15, -0.1) is 0 Å². The molecule has 0 unspecified atom stereocenters. The highest BCUT2D eigenvalue weighted by Gasteiger charge is 2.34. The van der Waals surface area contributed by atoms with Gasteiger partial charge >= 0.3 is 0 Å². The zero-order valence-electron chi connectivity index (χ0n) is 12.9. The van der Waals surface area contributed by atoms with Crippen molar-refractivity contribution in [2.75, 3.05) is 23.7 Å². The van der Waals surface area contributed by atoms with Crippen molar-refractivity contribution in [2.24, 2.45) is 0 Å². The molecule has 2 atom stereocenters. The molecule has 0 bridgehead atoms. The van der Waals surface area contributed by atoms with Gasteiger partial charge in [0.15, 0.2) is 0 Å². The summed E-state index contributed by atoms with van der Waals surface area (Å²) < 4.78 is 0. The van der Waals surface area contributed by atoms with Crippen LogP contribution in [0, 0.1) is 6.92 Å². The van der Waals surface area contributed by atoms with Gasteiger partial charge < -0.3 is 16.0 Å². The van der Waals surface area contributed by atoms with E-state index in [4.69, 9.17) is 23.2 Å². The van der Waals surface area contributed by atoms with Gasteiger partial charge in [0.25, 0.3) is 0 Å². The summed E-state index contributed by atoms with van der Waals surface area (Å²) in [6, 6.07) is 10.5. The first kappa shape index (κ1) is 15.1. The molecule has 0 spiro atoms. The van der Waals surface area contributed by atoms with E-state index in [0.29, 0.717) is 22.0 Å². The van der Waals surface area contributed by atoms with Crippen LogP contribution in [0.2, 0.25) is 10.0 Å². The Morgan fingerprint density at radius 3 is 2.87 bits per heavy atom. The highest BCUT2D eigenvalue weighted by molar-refractivity contribution is 6.36. The number of rotatable bonds is 2. The standard InChI is InChI=1S/C18H19Cl2N3/c1-10-6-12(22-17-3-2-11(19)7-15(17)20)8-13-14-9-21-5-4-16(14)23-18(10)13/h2-3,6-8,14,16,21-23H,4-5,9H2,1H3/t14-,16-/m0/s1. The predicted octanol–water partition coefficient (Wildman–Crippen LogP) is 4.92. The monoisotopic (exact) mass is 347 g/mol. The van der Waals surface area contributed by atoms with Gasteiger partial charge in [-0.1, -0.05) is 23.2 Å². The van der Waals surface area contributed by atoms with Crippen LogP contribution in [0.4, 0.5) is 17.1 Å². The molecule has 3 N–H and O–H groups in total. The lowest BCUT2D eigenvalue weighted by Crippen LogP contribution is -2.38. The SMILES string of the molecule is Cc1cc(Nc2ccc(Cl)cc2Cl)cc2c1N[C@H]1CCNC[C@@H]21. The van der Waals surface area contributed by atoms with Gasteiger partial charge in [-0.05, 0) is 61.3 Å². The summed E-state index contributed by atoms with van der Waals surface area (Å²) in [5, 5.41) is 11.9. The minimum Gasteiger partial charge on any atom is -0.381 e. The molecule has 0 aromatic heterocycles. The molecular weight excluding hydrogens is 329 g/mol. The van der Waals surface area contributed by atoms with E-state index >= 15 is 0 Å². The van der Waals surface area contributed by atoms with Crippen LogP contribution in [0.25, 0.3) is 0 Å². The number of nitrogens with one attached hydrogen (secondary N) is 3. The normalized spacial score (nSPS) is 22.2. The van der Waals surface area contributed by atoms with Crippen molar-refractivity contribution in [2.45, 2.75) is 25.3 Å². The first-order chi connectivity index (χ1) is 11.1. The van der Waals surface area contributed by atoms with Crippen molar-refractivity contribution in [3.63, 3.8) is 0 Å². The number of anilines is 3. The molecule has 4 rings (SSSR count). The zero-order valence-corrected chi connectivity index (χ0v) is 14.4. The highest BCUT2D eigenvalue weighted by atomic mass is 35.5. The van der Waals surface area contributed by atoms with E-state index in [-0.39, 0.29) is 0 Å². The molecule has 2 aliphatic heterocycles. The highest BCUT2D eigenvalue weighted by Crippen LogP contribution is 2.42. The molecule has 0 amide bonds. The van der Waals surface area contributed by atoms with Crippen LogP contribution in [0.3, 0.4) is 0 Å². The van der Waals surface area contributed by atoms with Crippen LogP contribution in [-0.2, 0) is 0 Å². The van der Waals surface area contributed by atoms with Gasteiger partial charge in [-0.25, -0.2) is 0 Å². The second kappa shape index (κ2) is 5.90. The number of halogens is 2. The fraction of sp³-hybridized carbons (Fsp3) is 0.333. The Labute approximate surface area is 146 Å². The fourth-order valence-corrected chi connectivity index (χ4v) is 4.12. The minimum atomic E-state index is 0.542. The Bertz CT molecular complexity index is 760. The van der Waals surface area contributed by atoms with Gasteiger partial charge in [0.05, 0.1) is 10.7 Å². The summed E-state index contributed by atoms with van der Waals surface area (Å²) in [5.74, 6) is 0.542. The maximum absolute atomic E-state index is 6.28. The molecule has 23 heavy (non-hydrogen) atoms. The van der Waals surface area contributed by atoms with E-state index in [0.717, 1.165) is 24.5 Å². The molecule has 1 saturated heterocycles. The van der Waals surface area contributed by atoms with Crippen molar-refractivity contribution in [1.82, 2.24) is 5.32 Å². The molecule has 120 valence electrons. The number of hydrogen-bond donors (Lipinski definition) is 3. The fourth-order valence-electron chi connectivity index (χ4n) is 3.67. The van der Waals surface area contributed by atoms with E-state index in [1.807, 2.05) is 12.1 Å². The molecule has 5 heteroatoms. The molecule has 0 aliphatic carbocycles. The number of fused-ring (bicyclic) bond motifs is 3. The van der Waals surface area contributed by atoms with E-state index < -0.39 is 0 Å². The lowest BCUT2D eigenvalue weighted by Gasteiger charge is -2.26. The first-order valence-electron chi connectivity index (χ1n) is 7.95. The summed E-state index contributed by atoms with van der Waals surface area (Å²) in [6.45, 7) is 4.28. The maximum Gasteiger partial charge on any atom is 0.0655 e. The van der Waals surface area contributed by atoms with Crippen LogP contribution in [0.5, 0.6) is 0 Å². The Hall–Kier alpha value is -1.42. The predicted molar refractivity (Wildman–Crippen MR) is 98.6 cm³/mol. The summed E-state index contributed by atoms with van der Waals surface area (Å²) in [4.78, 5) is 0. The molecule has 1 fully saturated rings. The van der Waals surface area contributed by atoms with Gasteiger partial charge in [-0.3, -0.25) is 0 Å². The molecular formula is C18H19Cl2N3. The third-order valence-corrected chi connectivity index (χ3v) is 5.34. The van der Waals surface area contributed by atoms with Crippen molar-refractivity contribution in [3.8, 4) is 0 Å². The van der Waals surface area contributed by atoms with Crippen LogP contribution < -0.4 is 16.0 Å². The molecule has 0 radical (unpaired) electrons. The summed E-state index contributed by atoms with van der Waals surface area (Å²) in [5.41, 5.74) is 5.91. The first-order valence-corrected chi connectivity index (χ1v) is 8.71. The summed E-state index contributed by atoms with van der Waals surface area (Å²) in [6.07, 6.45) is 1.17. The van der Waals surface area contributed by atoms with Gasteiger partial charge in [0, 0.05) is 34.9 Å². The molecule has 0 saturated carbocycles. The van der Waals surface area contributed by atoms with Crippen LogP contribution in [-0.4, -0.2) is 19.1 Å². The summed E-state index contributed by atoms with van der Waals surface area (Å²) in [7, 11) is 0. The Morgan fingerprint density at radius 1 is 1.17 bits per heavy atom. The van der Waals surface area contributed by atoms with Gasteiger partial charge in [-0.2, -0.15) is 0 Å². The average Bonchev–Trinajstić information content (AvgIpc) is 2.90. The van der Waals surface area contributed by atoms with E-state index in [1.165, 1.54) is 23.2 Å². The third-order valence-electron chi connectivity index (χ3n) is 4.79. The van der Waals surface area contributed by atoms with E-state index in [9.17, 15) is 0 Å². The maximum atomic E-state index is 6.28. The number of hydrogen-bond acceptors (Lipinski definition) is 3. The van der Waals surface area contributed by atoms with Crippen LogP contribution >= 0.6 is 23.2 Å².